The van der Waals surface area contributed by atoms with Gasteiger partial charge in [-0.1, -0.05) is 18.5 Å². The summed E-state index contributed by atoms with van der Waals surface area (Å²) in [5, 5.41) is 13.4. The van der Waals surface area contributed by atoms with Gasteiger partial charge in [0.05, 0.1) is 17.6 Å². The summed E-state index contributed by atoms with van der Waals surface area (Å²) in [5.74, 6) is 0.529. The third kappa shape index (κ3) is 7.17. The van der Waals surface area contributed by atoms with Gasteiger partial charge in [0.2, 0.25) is 0 Å². The van der Waals surface area contributed by atoms with Crippen LogP contribution < -0.4 is 19.5 Å². The van der Waals surface area contributed by atoms with Crippen LogP contribution >= 0.6 is 11.6 Å². The molecule has 2 atom stereocenters. The van der Waals surface area contributed by atoms with Crippen molar-refractivity contribution < 1.29 is 22.3 Å². The van der Waals surface area contributed by atoms with E-state index in [9.17, 15) is 18.1 Å². The second-order valence-corrected chi connectivity index (χ2v) is 10.6. The van der Waals surface area contributed by atoms with Crippen molar-refractivity contribution in [2.75, 3.05) is 26.5 Å². The molecule has 0 saturated carbocycles. The van der Waals surface area contributed by atoms with E-state index in [0.29, 0.717) is 46.7 Å². The van der Waals surface area contributed by atoms with E-state index in [0.717, 1.165) is 4.31 Å². The number of rotatable bonds is 12. The zero-order valence-corrected chi connectivity index (χ0v) is 22.4. The Kier molecular flexibility index (Phi) is 9.45. The number of fused-ring (bicyclic) bond motifs is 1. The van der Waals surface area contributed by atoms with Gasteiger partial charge < -0.3 is 14.8 Å². The summed E-state index contributed by atoms with van der Waals surface area (Å²) in [6, 6.07) is 9.26. The van der Waals surface area contributed by atoms with E-state index in [-0.39, 0.29) is 17.5 Å². The van der Waals surface area contributed by atoms with Crippen molar-refractivity contribution in [2.24, 2.45) is 0 Å². The Labute approximate surface area is 220 Å². The van der Waals surface area contributed by atoms with Crippen LogP contribution in [0.4, 0.5) is 15.9 Å². The first-order valence-corrected chi connectivity index (χ1v) is 13.2. The highest BCUT2D eigenvalue weighted by Gasteiger charge is 2.22. The van der Waals surface area contributed by atoms with Crippen LogP contribution in [-0.4, -0.2) is 56.0 Å². The molecule has 13 heteroatoms. The average molecular weight is 551 g/mol. The molecule has 0 spiro atoms. The minimum absolute atomic E-state index is 0.0378. The SMILES string of the molecule is CCC(CCC(C#N)Oc1cc2c(Nc3ccc(F)c(Cl)c3)ncnc2cc1OC)NS(=O)(=O)N(C)C. The molecule has 0 fully saturated rings. The Bertz CT molecular complexity index is 1400. The second-order valence-electron chi connectivity index (χ2n) is 8.32. The van der Waals surface area contributed by atoms with Gasteiger partial charge in [0, 0.05) is 37.3 Å². The fourth-order valence-electron chi connectivity index (χ4n) is 3.44. The van der Waals surface area contributed by atoms with E-state index in [1.807, 2.05) is 6.92 Å². The molecule has 0 aliphatic heterocycles. The van der Waals surface area contributed by atoms with Gasteiger partial charge in [-0.25, -0.2) is 14.4 Å². The van der Waals surface area contributed by atoms with Crippen molar-refractivity contribution in [3.8, 4) is 17.6 Å². The standard InChI is InChI=1S/C24H28ClFN6O4S/c1-5-15(31-37(33,34)32(2)3)6-8-17(13-27)36-23-11-18-21(12-22(23)35-4)28-14-29-24(18)30-16-7-9-20(26)19(25)10-16/h7,9-12,14-15,17,31H,5-6,8H2,1-4H3,(H,28,29,30). The van der Waals surface area contributed by atoms with Gasteiger partial charge in [-0.3, -0.25) is 0 Å². The summed E-state index contributed by atoms with van der Waals surface area (Å²) in [6.07, 6.45) is 1.70. The van der Waals surface area contributed by atoms with E-state index in [1.165, 1.54) is 45.7 Å². The number of methoxy groups -OCH3 is 1. The van der Waals surface area contributed by atoms with Crippen LogP contribution in [0.3, 0.4) is 0 Å². The maximum atomic E-state index is 13.6. The van der Waals surface area contributed by atoms with Crippen molar-refractivity contribution >= 4 is 44.2 Å². The Morgan fingerprint density at radius 1 is 1.19 bits per heavy atom. The normalized spacial score (nSPS) is 13.2. The third-order valence-electron chi connectivity index (χ3n) is 5.58. The largest absolute Gasteiger partial charge is 0.493 e. The molecular formula is C24H28ClFN6O4S. The van der Waals surface area contributed by atoms with Crippen molar-refractivity contribution in [3.05, 3.63) is 47.5 Å². The number of hydrogen-bond acceptors (Lipinski definition) is 8. The molecule has 0 saturated heterocycles. The number of nitrogens with zero attached hydrogens (tertiary/aromatic N) is 4. The first-order chi connectivity index (χ1) is 17.6. The molecule has 10 nitrogen and oxygen atoms in total. The lowest BCUT2D eigenvalue weighted by molar-refractivity contribution is 0.225. The molecule has 0 amide bonds. The van der Waals surface area contributed by atoms with Gasteiger partial charge in [0.25, 0.3) is 10.2 Å². The fraction of sp³-hybridized carbons (Fsp3) is 0.375. The van der Waals surface area contributed by atoms with Gasteiger partial charge in [-0.2, -0.15) is 22.7 Å². The molecule has 0 radical (unpaired) electrons. The number of aromatic nitrogens is 2. The number of halogens is 2. The zero-order chi connectivity index (χ0) is 27.2. The maximum Gasteiger partial charge on any atom is 0.279 e. The molecule has 2 N–H and O–H groups in total. The van der Waals surface area contributed by atoms with Crippen LogP contribution in [0.15, 0.2) is 36.7 Å². The third-order valence-corrected chi connectivity index (χ3v) is 7.46. The van der Waals surface area contributed by atoms with Crippen molar-refractivity contribution in [1.82, 2.24) is 19.0 Å². The molecule has 3 rings (SSSR count). The average Bonchev–Trinajstić information content (AvgIpc) is 2.87. The first-order valence-electron chi connectivity index (χ1n) is 11.4. The summed E-state index contributed by atoms with van der Waals surface area (Å²) in [5.41, 5.74) is 1.07. The lowest BCUT2D eigenvalue weighted by Crippen LogP contribution is -2.42. The molecule has 2 unspecified atom stereocenters. The number of benzene rings is 2. The minimum atomic E-state index is -3.60. The maximum absolute atomic E-state index is 13.6. The number of ether oxygens (including phenoxy) is 2. The molecule has 0 bridgehead atoms. The molecule has 198 valence electrons. The molecule has 0 aliphatic carbocycles. The van der Waals surface area contributed by atoms with Gasteiger partial charge in [0.15, 0.2) is 17.6 Å². The van der Waals surface area contributed by atoms with Gasteiger partial charge in [-0.05, 0) is 43.5 Å². The molecule has 2 aromatic carbocycles. The van der Waals surface area contributed by atoms with E-state index in [2.05, 4.69) is 26.1 Å². The van der Waals surface area contributed by atoms with Crippen molar-refractivity contribution in [1.29, 1.82) is 5.26 Å². The Morgan fingerprint density at radius 2 is 1.95 bits per heavy atom. The van der Waals surface area contributed by atoms with Crippen LogP contribution in [-0.2, 0) is 10.2 Å². The van der Waals surface area contributed by atoms with E-state index in [1.54, 1.807) is 12.1 Å². The number of anilines is 2. The molecular weight excluding hydrogens is 523 g/mol. The predicted octanol–water partition coefficient (Wildman–Crippen LogP) is 4.40. The minimum Gasteiger partial charge on any atom is -0.493 e. The predicted molar refractivity (Wildman–Crippen MR) is 140 cm³/mol. The van der Waals surface area contributed by atoms with Crippen LogP contribution in [0, 0.1) is 17.1 Å². The highest BCUT2D eigenvalue weighted by atomic mass is 35.5. The second kappa shape index (κ2) is 12.3. The number of nitrogens with one attached hydrogen (secondary N) is 2. The summed E-state index contributed by atoms with van der Waals surface area (Å²) < 4.78 is 53.0. The van der Waals surface area contributed by atoms with E-state index in [4.69, 9.17) is 21.1 Å². The Balaban J connectivity index is 1.84. The Morgan fingerprint density at radius 3 is 2.57 bits per heavy atom. The zero-order valence-electron chi connectivity index (χ0n) is 20.8. The monoisotopic (exact) mass is 550 g/mol. The highest BCUT2D eigenvalue weighted by molar-refractivity contribution is 7.87. The molecule has 37 heavy (non-hydrogen) atoms. The van der Waals surface area contributed by atoms with Crippen molar-refractivity contribution in [2.45, 2.75) is 38.3 Å². The fourth-order valence-corrected chi connectivity index (χ4v) is 4.54. The lowest BCUT2D eigenvalue weighted by Gasteiger charge is -2.22. The summed E-state index contributed by atoms with van der Waals surface area (Å²) in [4.78, 5) is 8.56. The quantitative estimate of drug-likeness (QED) is 0.339. The highest BCUT2D eigenvalue weighted by Crippen LogP contribution is 2.36. The first kappa shape index (κ1) is 28.3. The smallest absolute Gasteiger partial charge is 0.279 e. The topological polar surface area (TPSA) is 129 Å². The van der Waals surface area contributed by atoms with Crippen molar-refractivity contribution in [3.63, 3.8) is 0 Å². The molecule has 0 aliphatic rings. The van der Waals surface area contributed by atoms with E-state index < -0.39 is 22.1 Å². The lowest BCUT2D eigenvalue weighted by atomic mass is 10.1. The van der Waals surface area contributed by atoms with Crippen LogP contribution in [0.2, 0.25) is 5.02 Å². The summed E-state index contributed by atoms with van der Waals surface area (Å²) >= 11 is 5.89. The van der Waals surface area contributed by atoms with Crippen LogP contribution in [0.1, 0.15) is 26.2 Å². The van der Waals surface area contributed by atoms with Crippen LogP contribution in [0.25, 0.3) is 10.9 Å². The molecule has 1 aromatic heterocycles. The number of nitriles is 1. The van der Waals surface area contributed by atoms with Gasteiger partial charge >= 0.3 is 0 Å². The Hall–Kier alpha value is -3.24. The van der Waals surface area contributed by atoms with E-state index >= 15 is 0 Å². The summed E-state index contributed by atoms with van der Waals surface area (Å²) in [7, 11) is 0.756. The van der Waals surface area contributed by atoms with Gasteiger partial charge in [0.1, 0.15) is 24.0 Å². The van der Waals surface area contributed by atoms with Gasteiger partial charge in [-0.15, -0.1) is 0 Å². The van der Waals surface area contributed by atoms with Crippen LogP contribution in [0.5, 0.6) is 11.5 Å². The number of hydrogen-bond donors (Lipinski definition) is 2. The molecule has 3 aromatic rings. The summed E-state index contributed by atoms with van der Waals surface area (Å²) in [6.45, 7) is 1.86. The molecule has 1 heterocycles.